The number of anilines is 1. The molecule has 0 N–H and O–H groups in total. The molecule has 0 fully saturated rings. The second-order valence-corrected chi connectivity index (χ2v) is 8.86. The number of methoxy groups -OCH3 is 1. The van der Waals surface area contributed by atoms with Crippen LogP contribution < -0.4 is 9.64 Å². The zero-order valence-corrected chi connectivity index (χ0v) is 20.6. The van der Waals surface area contributed by atoms with Gasteiger partial charge in [0.15, 0.2) is 6.61 Å². The quantitative estimate of drug-likeness (QED) is 0.542. The third-order valence-electron chi connectivity index (χ3n) is 6.15. The van der Waals surface area contributed by atoms with Crippen molar-refractivity contribution in [3.05, 3.63) is 59.7 Å². The van der Waals surface area contributed by atoms with Gasteiger partial charge >= 0.3 is 6.18 Å². The summed E-state index contributed by atoms with van der Waals surface area (Å²) in [6, 6.07) is 12.0. The summed E-state index contributed by atoms with van der Waals surface area (Å²) in [7, 11) is 1.48. The molecular formula is C27H33F3N2O4. The van der Waals surface area contributed by atoms with E-state index >= 15 is 0 Å². The van der Waals surface area contributed by atoms with E-state index in [1.807, 2.05) is 24.3 Å². The van der Waals surface area contributed by atoms with Crippen LogP contribution in [0.3, 0.4) is 0 Å². The van der Waals surface area contributed by atoms with Gasteiger partial charge in [0.1, 0.15) is 12.4 Å². The van der Waals surface area contributed by atoms with Gasteiger partial charge in [-0.2, -0.15) is 13.2 Å². The molecule has 2 aromatic carbocycles. The summed E-state index contributed by atoms with van der Waals surface area (Å²) in [5.41, 5.74) is 0.716. The molecule has 2 amide bonds. The summed E-state index contributed by atoms with van der Waals surface area (Å²) < 4.78 is 49.6. The molecule has 1 aliphatic heterocycles. The number of halogens is 3. The van der Waals surface area contributed by atoms with Crippen molar-refractivity contribution < 1.29 is 32.2 Å². The van der Waals surface area contributed by atoms with Gasteiger partial charge in [-0.15, -0.1) is 0 Å². The summed E-state index contributed by atoms with van der Waals surface area (Å²) in [6.45, 7) is 0.895. The van der Waals surface area contributed by atoms with Gasteiger partial charge in [0.05, 0.1) is 5.56 Å². The van der Waals surface area contributed by atoms with Crippen LogP contribution in [0.15, 0.2) is 48.5 Å². The molecule has 0 aliphatic carbocycles. The molecule has 0 aromatic heterocycles. The average molecular weight is 507 g/mol. The van der Waals surface area contributed by atoms with Gasteiger partial charge in [0.2, 0.25) is 0 Å². The van der Waals surface area contributed by atoms with E-state index in [2.05, 4.69) is 0 Å². The molecule has 196 valence electrons. The van der Waals surface area contributed by atoms with Crippen LogP contribution in [0.2, 0.25) is 0 Å². The maximum absolute atomic E-state index is 13.1. The maximum atomic E-state index is 13.1. The molecule has 1 heterocycles. The standard InChI is InChI=1S/C27H33F3N2O4/c1-35-19-26(34)32-16-9-5-3-2-4-8-15-31(18-21-11-6-7-14-24(21)32)25(33)20-36-23-13-10-12-22(17-23)27(28,29)30/h6-7,10-14,17H,2-5,8-9,15-16,18-20H2,1H3. The van der Waals surface area contributed by atoms with Gasteiger partial charge in [0.25, 0.3) is 11.8 Å². The highest BCUT2D eigenvalue weighted by molar-refractivity contribution is 5.95. The van der Waals surface area contributed by atoms with E-state index < -0.39 is 11.7 Å². The van der Waals surface area contributed by atoms with Gasteiger partial charge in [-0.05, 0) is 42.7 Å². The van der Waals surface area contributed by atoms with Gasteiger partial charge in [-0.1, -0.05) is 49.9 Å². The molecule has 2 aromatic rings. The maximum Gasteiger partial charge on any atom is 0.416 e. The molecule has 0 bridgehead atoms. The number of alkyl halides is 3. The highest BCUT2D eigenvalue weighted by atomic mass is 19.4. The van der Waals surface area contributed by atoms with E-state index in [1.54, 1.807) is 9.80 Å². The van der Waals surface area contributed by atoms with Crippen molar-refractivity contribution >= 4 is 17.5 Å². The number of para-hydroxylation sites is 1. The summed E-state index contributed by atoms with van der Waals surface area (Å²) in [6.07, 6.45) is 1.23. The lowest BCUT2D eigenvalue weighted by Gasteiger charge is -2.28. The molecule has 0 saturated carbocycles. The van der Waals surface area contributed by atoms with Gasteiger partial charge in [-0.3, -0.25) is 9.59 Å². The van der Waals surface area contributed by atoms with Crippen LogP contribution in [0, 0.1) is 0 Å². The van der Waals surface area contributed by atoms with Crippen molar-refractivity contribution in [2.75, 3.05) is 38.3 Å². The van der Waals surface area contributed by atoms with E-state index in [1.165, 1.54) is 19.2 Å². The number of hydrogen-bond donors (Lipinski definition) is 0. The third kappa shape index (κ3) is 7.98. The second kappa shape index (κ2) is 13.3. The van der Waals surface area contributed by atoms with E-state index in [0.717, 1.165) is 61.9 Å². The number of fused-ring (bicyclic) bond motifs is 1. The Kier molecular flexibility index (Phi) is 10.2. The summed E-state index contributed by atoms with van der Waals surface area (Å²) in [5.74, 6) is -0.488. The van der Waals surface area contributed by atoms with Crippen molar-refractivity contribution in [3.63, 3.8) is 0 Å². The lowest BCUT2D eigenvalue weighted by Crippen LogP contribution is -2.38. The molecule has 0 radical (unpaired) electrons. The average Bonchev–Trinajstić information content (AvgIpc) is 2.87. The fourth-order valence-corrected chi connectivity index (χ4v) is 4.26. The number of hydrogen-bond acceptors (Lipinski definition) is 4. The van der Waals surface area contributed by atoms with Gasteiger partial charge in [-0.25, -0.2) is 0 Å². The van der Waals surface area contributed by atoms with Crippen molar-refractivity contribution in [3.8, 4) is 5.75 Å². The highest BCUT2D eigenvalue weighted by Crippen LogP contribution is 2.31. The lowest BCUT2D eigenvalue weighted by atomic mass is 10.1. The number of ether oxygens (including phenoxy) is 2. The largest absolute Gasteiger partial charge is 0.484 e. The minimum atomic E-state index is -4.49. The monoisotopic (exact) mass is 506 g/mol. The fourth-order valence-electron chi connectivity index (χ4n) is 4.26. The molecule has 0 unspecified atom stereocenters. The minimum Gasteiger partial charge on any atom is -0.484 e. The van der Waals surface area contributed by atoms with Gasteiger partial charge < -0.3 is 19.3 Å². The Morgan fingerprint density at radius 3 is 2.28 bits per heavy atom. The molecule has 9 heteroatoms. The predicted molar refractivity (Wildman–Crippen MR) is 131 cm³/mol. The SMILES string of the molecule is COCC(=O)N1CCCCCCCCN(C(=O)COc2cccc(C(F)(F)F)c2)Cc2ccccc21. The number of carbonyl (C=O) groups is 2. The zero-order chi connectivity index (χ0) is 26.0. The first kappa shape index (κ1) is 27.5. The number of rotatable bonds is 5. The second-order valence-electron chi connectivity index (χ2n) is 8.86. The van der Waals surface area contributed by atoms with Crippen LogP contribution in [0.25, 0.3) is 0 Å². The first-order chi connectivity index (χ1) is 17.3. The van der Waals surface area contributed by atoms with Crippen LogP contribution in [0.4, 0.5) is 18.9 Å². The van der Waals surface area contributed by atoms with E-state index in [-0.39, 0.29) is 37.3 Å². The topological polar surface area (TPSA) is 59.1 Å². The van der Waals surface area contributed by atoms with Crippen LogP contribution in [0.1, 0.15) is 49.7 Å². The highest BCUT2D eigenvalue weighted by Gasteiger charge is 2.30. The fraction of sp³-hybridized carbons (Fsp3) is 0.481. The summed E-state index contributed by atoms with van der Waals surface area (Å²) in [5, 5.41) is 0. The van der Waals surface area contributed by atoms with Crippen molar-refractivity contribution in [1.29, 1.82) is 0 Å². The molecule has 3 rings (SSSR count). The Morgan fingerprint density at radius 1 is 0.861 bits per heavy atom. The van der Waals surface area contributed by atoms with Gasteiger partial charge in [0, 0.05) is 32.4 Å². The minimum absolute atomic E-state index is 0.0132. The van der Waals surface area contributed by atoms with Crippen LogP contribution in [0.5, 0.6) is 5.75 Å². The normalized spacial score (nSPS) is 15.8. The number of nitrogens with zero attached hydrogens (tertiary/aromatic N) is 2. The first-order valence-electron chi connectivity index (χ1n) is 12.2. The Morgan fingerprint density at radius 2 is 1.56 bits per heavy atom. The first-order valence-corrected chi connectivity index (χ1v) is 12.2. The summed E-state index contributed by atoms with van der Waals surface area (Å²) >= 11 is 0. The van der Waals surface area contributed by atoms with Crippen LogP contribution >= 0.6 is 0 Å². The smallest absolute Gasteiger partial charge is 0.416 e. The molecular weight excluding hydrogens is 473 g/mol. The molecule has 1 aliphatic rings. The van der Waals surface area contributed by atoms with Crippen molar-refractivity contribution in [2.45, 2.75) is 51.2 Å². The summed E-state index contributed by atoms with van der Waals surface area (Å²) in [4.78, 5) is 29.4. The Balaban J connectivity index is 1.80. The molecule has 0 saturated heterocycles. The number of amides is 2. The molecule has 36 heavy (non-hydrogen) atoms. The number of benzene rings is 2. The Hall–Kier alpha value is -3.07. The lowest BCUT2D eigenvalue weighted by molar-refractivity contribution is -0.137. The van der Waals surface area contributed by atoms with Crippen LogP contribution in [-0.2, 0) is 27.0 Å². The number of carbonyl (C=O) groups excluding carboxylic acids is 2. The van der Waals surface area contributed by atoms with E-state index in [9.17, 15) is 22.8 Å². The van der Waals surface area contributed by atoms with E-state index in [0.29, 0.717) is 13.1 Å². The van der Waals surface area contributed by atoms with Crippen molar-refractivity contribution in [2.24, 2.45) is 0 Å². The van der Waals surface area contributed by atoms with Crippen LogP contribution in [-0.4, -0.2) is 50.1 Å². The molecule has 6 nitrogen and oxygen atoms in total. The zero-order valence-electron chi connectivity index (χ0n) is 20.6. The predicted octanol–water partition coefficient (Wildman–Crippen LogP) is 5.45. The molecule has 0 spiro atoms. The molecule has 0 atom stereocenters. The van der Waals surface area contributed by atoms with E-state index in [4.69, 9.17) is 9.47 Å². The third-order valence-corrected chi connectivity index (χ3v) is 6.15. The Labute approximate surface area is 210 Å². The Bertz CT molecular complexity index is 1010. The van der Waals surface area contributed by atoms with Crippen molar-refractivity contribution in [1.82, 2.24) is 4.90 Å².